The van der Waals surface area contributed by atoms with E-state index in [1.54, 1.807) is 7.05 Å². The van der Waals surface area contributed by atoms with Gasteiger partial charge in [-0.15, -0.1) is 0 Å². The number of thiocarbonyl (C=S) groups is 1. The van der Waals surface area contributed by atoms with Gasteiger partial charge in [0.15, 0.2) is 18.1 Å². The van der Waals surface area contributed by atoms with Crippen molar-refractivity contribution in [3.05, 3.63) is 5.69 Å². The fraction of sp³-hybridized carbons (Fsp3) is 0.667. The van der Waals surface area contributed by atoms with Crippen LogP contribution in [-0.2, 0) is 13.6 Å². The van der Waals surface area contributed by atoms with Crippen molar-refractivity contribution in [2.24, 2.45) is 7.05 Å². The van der Waals surface area contributed by atoms with E-state index in [4.69, 9.17) is 12.2 Å². The van der Waals surface area contributed by atoms with Crippen LogP contribution in [0.5, 0.6) is 5.95 Å². The fourth-order valence-corrected chi connectivity index (χ4v) is 1.54. The average molecular weight is 242 g/mol. The van der Waals surface area contributed by atoms with Crippen LogP contribution in [0.2, 0.25) is 0 Å². The quantitative estimate of drug-likeness (QED) is 0.544. The lowest BCUT2D eigenvalue weighted by atomic mass is 10.4. The molecule has 1 saturated carbocycles. The standard InChI is InChI=1S/C9H14N4O2S/c1-12(9(16)10-6-3-4-6)5-7-8(14)15-11-13(7)2/h6H,3-5H2,1-2H3,(H-,10,11,14,16). The van der Waals surface area contributed by atoms with Crippen LogP contribution < -0.4 is 15.1 Å². The molecule has 2 rings (SSSR count). The molecule has 1 heterocycles. The minimum Gasteiger partial charge on any atom is -0.539 e. The van der Waals surface area contributed by atoms with E-state index >= 15 is 0 Å². The number of aryl methyl sites for hydroxylation is 1. The second kappa shape index (κ2) is 4.25. The van der Waals surface area contributed by atoms with Crippen molar-refractivity contribution in [2.45, 2.75) is 25.4 Å². The van der Waals surface area contributed by atoms with Crippen molar-refractivity contribution in [3.63, 3.8) is 0 Å². The van der Waals surface area contributed by atoms with Gasteiger partial charge in [0.05, 0.1) is 5.27 Å². The highest BCUT2D eigenvalue weighted by atomic mass is 32.1. The van der Waals surface area contributed by atoms with Gasteiger partial charge in [-0.25, -0.2) is 0 Å². The number of nitrogens with one attached hydrogen (secondary N) is 1. The molecule has 0 aliphatic heterocycles. The van der Waals surface area contributed by atoms with Crippen LogP contribution in [-0.4, -0.2) is 28.4 Å². The Morgan fingerprint density at radius 3 is 2.94 bits per heavy atom. The van der Waals surface area contributed by atoms with Gasteiger partial charge in [0.2, 0.25) is 0 Å². The molecule has 0 saturated heterocycles. The Labute approximate surface area is 98.8 Å². The Morgan fingerprint density at radius 2 is 2.44 bits per heavy atom. The third-order valence-corrected chi connectivity index (χ3v) is 2.94. The van der Waals surface area contributed by atoms with E-state index in [2.05, 4.69) is 15.1 Å². The van der Waals surface area contributed by atoms with Crippen molar-refractivity contribution in [3.8, 4) is 5.95 Å². The maximum absolute atomic E-state index is 11.3. The van der Waals surface area contributed by atoms with Gasteiger partial charge in [-0.05, 0) is 25.1 Å². The Bertz CT molecular complexity index is 383. The molecule has 0 amide bonds. The summed E-state index contributed by atoms with van der Waals surface area (Å²) in [6.45, 7) is 0.400. The zero-order chi connectivity index (χ0) is 11.7. The topological polar surface area (TPSA) is 68.2 Å². The maximum atomic E-state index is 11.3. The first-order valence-corrected chi connectivity index (χ1v) is 5.52. The zero-order valence-electron chi connectivity index (χ0n) is 9.27. The minimum atomic E-state index is -0.413. The molecule has 1 N–H and O–H groups in total. The van der Waals surface area contributed by atoms with E-state index in [0.29, 0.717) is 23.4 Å². The summed E-state index contributed by atoms with van der Waals surface area (Å²) in [7, 11) is 3.51. The van der Waals surface area contributed by atoms with Gasteiger partial charge in [0.1, 0.15) is 6.54 Å². The first-order chi connectivity index (χ1) is 7.58. The summed E-state index contributed by atoms with van der Waals surface area (Å²) < 4.78 is 5.97. The lowest BCUT2D eigenvalue weighted by molar-refractivity contribution is -0.746. The van der Waals surface area contributed by atoms with Crippen LogP contribution in [0.4, 0.5) is 0 Å². The van der Waals surface area contributed by atoms with E-state index in [9.17, 15) is 5.11 Å². The number of rotatable bonds is 3. The van der Waals surface area contributed by atoms with Gasteiger partial charge in [0.25, 0.3) is 5.69 Å². The van der Waals surface area contributed by atoms with Crippen LogP contribution in [0.3, 0.4) is 0 Å². The largest absolute Gasteiger partial charge is 0.539 e. The molecule has 88 valence electrons. The molecule has 0 bridgehead atoms. The predicted molar refractivity (Wildman–Crippen MR) is 57.3 cm³/mol. The number of hydrogen-bond acceptors (Lipinski definition) is 4. The summed E-state index contributed by atoms with van der Waals surface area (Å²) >= 11 is 5.21. The summed E-state index contributed by atoms with van der Waals surface area (Å²) in [6, 6.07) is 0.512. The smallest absolute Gasteiger partial charge is 0.252 e. The molecule has 0 spiro atoms. The summed E-state index contributed by atoms with van der Waals surface area (Å²) in [6.07, 6.45) is 2.34. The number of hydrogen-bond donors (Lipinski definition) is 1. The van der Waals surface area contributed by atoms with Gasteiger partial charge in [-0.3, -0.25) is 0 Å². The third-order valence-electron chi connectivity index (χ3n) is 2.51. The first kappa shape index (κ1) is 11.1. The molecule has 0 aromatic carbocycles. The normalized spacial score (nSPS) is 14.9. The average Bonchev–Trinajstić information content (AvgIpc) is 3.00. The van der Waals surface area contributed by atoms with Crippen LogP contribution >= 0.6 is 12.2 Å². The van der Waals surface area contributed by atoms with E-state index < -0.39 is 5.95 Å². The summed E-state index contributed by atoms with van der Waals surface area (Å²) in [5.41, 5.74) is 0.488. The SMILES string of the molecule is CN(Cc1c([O-])on[n+]1C)C(=S)NC1CC1. The molecule has 1 fully saturated rings. The molecule has 7 heteroatoms. The first-order valence-electron chi connectivity index (χ1n) is 5.11. The van der Waals surface area contributed by atoms with Gasteiger partial charge >= 0.3 is 0 Å². The summed E-state index contributed by atoms with van der Waals surface area (Å²) in [5, 5.41) is 18.7. The van der Waals surface area contributed by atoms with Crippen molar-refractivity contribution in [1.29, 1.82) is 0 Å². The molecular formula is C9H14N4O2S. The Balaban J connectivity index is 1.95. The van der Waals surface area contributed by atoms with E-state index in [-0.39, 0.29) is 0 Å². The molecule has 0 unspecified atom stereocenters. The van der Waals surface area contributed by atoms with Crippen LogP contribution in [0.1, 0.15) is 18.5 Å². The minimum absolute atomic E-state index is 0.400. The van der Waals surface area contributed by atoms with Crippen LogP contribution in [0, 0.1) is 0 Å². The molecular weight excluding hydrogens is 228 g/mol. The predicted octanol–water partition coefficient (Wildman–Crippen LogP) is -0.959. The Hall–Kier alpha value is -1.37. The van der Waals surface area contributed by atoms with Crippen molar-refractivity contribution in [1.82, 2.24) is 15.5 Å². The Morgan fingerprint density at radius 1 is 1.75 bits per heavy atom. The molecule has 0 atom stereocenters. The van der Waals surface area contributed by atoms with Crippen molar-refractivity contribution < 1.29 is 14.3 Å². The lowest BCUT2D eigenvalue weighted by Gasteiger charge is -2.18. The highest BCUT2D eigenvalue weighted by Crippen LogP contribution is 2.19. The molecule has 6 nitrogen and oxygen atoms in total. The molecule has 16 heavy (non-hydrogen) atoms. The van der Waals surface area contributed by atoms with Crippen molar-refractivity contribution >= 4 is 17.3 Å². The van der Waals surface area contributed by atoms with Gasteiger partial charge in [-0.1, -0.05) is 4.68 Å². The van der Waals surface area contributed by atoms with Crippen LogP contribution in [0.25, 0.3) is 0 Å². The summed E-state index contributed by atoms with van der Waals surface area (Å²) in [4.78, 5) is 1.81. The second-order valence-corrected chi connectivity index (χ2v) is 4.40. The fourth-order valence-electron chi connectivity index (χ4n) is 1.31. The molecule has 1 aliphatic rings. The number of aromatic nitrogens is 2. The highest BCUT2D eigenvalue weighted by molar-refractivity contribution is 7.80. The number of nitrogens with zero attached hydrogens (tertiary/aromatic N) is 3. The molecule has 1 aliphatic carbocycles. The van der Waals surface area contributed by atoms with E-state index in [0.717, 1.165) is 0 Å². The van der Waals surface area contributed by atoms with Gasteiger partial charge < -0.3 is 19.8 Å². The third kappa shape index (κ3) is 2.41. The van der Waals surface area contributed by atoms with Gasteiger partial charge in [0, 0.05) is 13.1 Å². The monoisotopic (exact) mass is 242 g/mol. The van der Waals surface area contributed by atoms with E-state index in [1.165, 1.54) is 17.5 Å². The van der Waals surface area contributed by atoms with Gasteiger partial charge in [-0.2, -0.15) is 0 Å². The molecule has 1 aromatic rings. The zero-order valence-corrected chi connectivity index (χ0v) is 10.1. The van der Waals surface area contributed by atoms with E-state index in [1.807, 2.05) is 11.9 Å². The van der Waals surface area contributed by atoms with Crippen LogP contribution in [0.15, 0.2) is 4.52 Å². The summed E-state index contributed by atoms with van der Waals surface area (Å²) in [5.74, 6) is -0.413. The maximum Gasteiger partial charge on any atom is 0.252 e. The van der Waals surface area contributed by atoms with Crippen molar-refractivity contribution in [2.75, 3.05) is 7.05 Å². The second-order valence-electron chi connectivity index (χ2n) is 4.01. The lowest BCUT2D eigenvalue weighted by Crippen LogP contribution is -2.42. The highest BCUT2D eigenvalue weighted by Gasteiger charge is 2.24. The molecule has 1 aromatic heterocycles. The Kier molecular flexibility index (Phi) is 2.95. The molecule has 0 radical (unpaired) electrons.